The number of benzene rings is 5. The Labute approximate surface area is 599 Å². The molecule has 0 spiro atoms. The number of aliphatic hydroxyl groups excluding tert-OH is 6. The van der Waals surface area contributed by atoms with Crippen molar-refractivity contribution in [1.82, 2.24) is 36.9 Å². The minimum atomic E-state index is -3.61. The number of ether oxygens (including phenoxy) is 6. The molecule has 7 aliphatic rings. The predicted octanol–water partition coefficient (Wildman–Crippen LogP) is 0.500. The van der Waals surface area contributed by atoms with Gasteiger partial charge in [0.25, 0.3) is 0 Å². The van der Waals surface area contributed by atoms with Crippen molar-refractivity contribution in [2.45, 2.75) is 156 Å². The molecule has 20 N–H and O–H groups in total. The second kappa shape index (κ2) is 30.7. The largest absolute Gasteiger partial charge is 0.508 e. The number of likely N-dealkylation sites (N-methyl/N-ethyl adjacent to an activating group) is 1. The molecule has 2 fully saturated rings. The van der Waals surface area contributed by atoms with E-state index in [4.69, 9.17) is 67.2 Å². The first-order valence-electron chi connectivity index (χ1n) is 33.6. The molecule has 0 unspecified atom stereocenters. The number of amides is 7. The predicted molar refractivity (Wildman–Crippen MR) is 354 cm³/mol. The Morgan fingerprint density at radius 2 is 1.38 bits per heavy atom. The van der Waals surface area contributed by atoms with Crippen LogP contribution in [-0.2, 0) is 52.6 Å². The number of phenols is 3. The third kappa shape index (κ3) is 16.1. The lowest BCUT2D eigenvalue weighted by Crippen LogP contribution is -2.64. The number of nitrogens with two attached hydrogens (primary N) is 2. The lowest BCUT2D eigenvalue weighted by Gasteiger charge is -2.47. The summed E-state index contributed by atoms with van der Waals surface area (Å²) in [4.78, 5) is 130. The number of carboxylic acids is 1. The number of carboxylic acid groups (broad SMARTS) is 1. The van der Waals surface area contributed by atoms with E-state index < -0.39 is 278 Å². The molecule has 0 aromatic heterocycles. The van der Waals surface area contributed by atoms with E-state index in [1.54, 1.807) is 0 Å². The van der Waals surface area contributed by atoms with Crippen LogP contribution < -0.4 is 57.6 Å². The average molecular weight is 1480 g/mol. The van der Waals surface area contributed by atoms with Gasteiger partial charge >= 0.3 is 5.97 Å². The SMILES string of the molecule is [2H]C([2H])([2H])N(N=O)[C@@]([2H])(CC(C)C)C(=O)N[C@H]1C(=O)N[C@@H](CC(N)=O)C(=O)N[C@H]2C(=O)N[C@H]3C(=O)N[C@H](C(=O)N[C@H](C(=O)O)c4cc(O)cc(O)c4-c4cc3ccc4O)[C@H](O)c3ccc(c(Cl)c3)Oc3cc2cc(c3O[C@@H]2O[C@H](CO)[C@@H](O)[C@H](O)[C@H]2O[C@H]2C[C@](C)(N)[C@H](O)[C@H](C)O2)Oc2ccc(cc2Cl)[C@H]1O. The Kier molecular flexibility index (Phi) is 20.9. The van der Waals surface area contributed by atoms with Crippen LogP contribution in [0.4, 0.5) is 0 Å². The van der Waals surface area contributed by atoms with Gasteiger partial charge in [-0.2, -0.15) is 0 Å². The van der Waals surface area contributed by atoms with Gasteiger partial charge in [-0.1, -0.05) is 55.2 Å². The number of hydrogen-bond donors (Lipinski definition) is 18. The third-order valence-corrected chi connectivity index (χ3v) is 18.2. The number of nitroso groups, excluding NO2 is 1. The number of aliphatic hydroxyl groups is 6. The minimum absolute atomic E-state index is 0.290. The van der Waals surface area contributed by atoms with E-state index in [9.17, 15) is 76.5 Å². The summed E-state index contributed by atoms with van der Waals surface area (Å²) in [6.45, 7) is 1.16. The number of carbonyl (C=O) groups excluding carboxylic acids is 7. The van der Waals surface area contributed by atoms with Gasteiger partial charge in [0.15, 0.2) is 29.9 Å². The van der Waals surface area contributed by atoms with E-state index in [0.717, 1.165) is 78.9 Å². The zero-order chi connectivity index (χ0) is 78.5. The van der Waals surface area contributed by atoms with Gasteiger partial charge in [0.05, 0.1) is 41.9 Å². The Balaban J connectivity index is 1.24. The maximum Gasteiger partial charge on any atom is 0.330 e. The Morgan fingerprint density at radius 3 is 1.96 bits per heavy atom. The molecule has 11 bridgehead atoms. The molecule has 5 aromatic rings. The summed E-state index contributed by atoms with van der Waals surface area (Å²) in [6.07, 6.45) is -20.6. The van der Waals surface area contributed by atoms with Crippen LogP contribution in [0.25, 0.3) is 11.1 Å². The Hall–Kier alpha value is -9.76. The molecule has 0 radical (unpaired) electrons. The fraction of sp³-hybridized carbons (Fsp3) is 0.424. The van der Waals surface area contributed by atoms with Gasteiger partial charge in [-0.25, -0.2) is 4.79 Å². The molecule has 12 rings (SSSR count). The number of rotatable bonds is 14. The number of halogens is 2. The summed E-state index contributed by atoms with van der Waals surface area (Å²) in [5, 5.41) is 129. The first kappa shape index (κ1) is 70.3. The number of carbonyl (C=O) groups is 8. The Morgan fingerprint density at radius 1 is 0.767 bits per heavy atom. The first-order valence-corrected chi connectivity index (χ1v) is 32.3. The molecule has 2 saturated heterocycles. The highest BCUT2D eigenvalue weighted by Gasteiger charge is 2.52. The van der Waals surface area contributed by atoms with Crippen LogP contribution in [-0.4, -0.2) is 196 Å². The standard InChI is InChI=1S/C66H74Cl2N10O25/c1-23(2)12-35(78(5)77-97)59(90)75-49-51(84)26-7-10-38(32(67)14-26)99-40-16-28-17-41(55(40)103-65-56(54(87)53(86)42(22-79)101-65)102-44-21-66(4,70)57(88)24(3)98-44)100-39-11-8-27(15-33(39)68)52(85)50-63(94)74-48(64(95)96)31-18-29(80)19-37(82)45(31)30-13-25(6-9-36(30)81)46(60(91)76-50)73-61(92)47(28)72-58(89)34(20-43(69)83)71-62(49)93/h6-11,13-19,23-24,34-35,42,44,46-54,56-57,65,79-82,84-88H,12,20-22,70H2,1-5H3,(H2,69,83)(H,71,93)(H,72,89)(H,73,92)(H,74,94)(H,75,90)(H,76,91)(H,95,96)/t24-,34-,35-,42+,44-,46+,47+,48-,49+,50-,51+,52+,53+,54-,56+,57+,65-,66-/m0/s1/i5D3,35D. The number of aliphatic carboxylic acids is 1. The molecular weight excluding hydrogens is 1400 g/mol. The molecule has 0 aliphatic carbocycles. The second-order valence-electron chi connectivity index (χ2n) is 25.6. The normalized spacial score (nSPS) is 30.0. The number of phenolic OH excluding ortho intramolecular Hbond substituents is 3. The summed E-state index contributed by atoms with van der Waals surface area (Å²) in [6, 6.07) is -4.98. The highest BCUT2D eigenvalue weighted by Crippen LogP contribution is 2.50. The van der Waals surface area contributed by atoms with Crippen molar-refractivity contribution in [3.05, 3.63) is 122 Å². The molecule has 5 aromatic carbocycles. The van der Waals surface area contributed by atoms with Gasteiger partial charge in [-0.15, -0.1) is 4.91 Å². The lowest BCUT2D eigenvalue weighted by molar-refractivity contribution is -0.333. The fourth-order valence-electron chi connectivity index (χ4n) is 12.3. The van der Waals surface area contributed by atoms with Crippen LogP contribution in [0.5, 0.6) is 46.0 Å². The van der Waals surface area contributed by atoms with Gasteiger partial charge < -0.3 is 123 Å². The maximum atomic E-state index is 16.1. The van der Waals surface area contributed by atoms with E-state index in [2.05, 4.69) is 37.2 Å². The van der Waals surface area contributed by atoms with Crippen molar-refractivity contribution in [2.24, 2.45) is 22.7 Å². The molecule has 18 atom stereocenters. The zero-order valence-electron chi connectivity index (χ0n) is 58.5. The molecule has 0 saturated carbocycles. The van der Waals surface area contributed by atoms with Crippen molar-refractivity contribution in [3.8, 4) is 57.1 Å². The summed E-state index contributed by atoms with van der Waals surface area (Å²) < 4.78 is 71.4. The van der Waals surface area contributed by atoms with Crippen LogP contribution in [0.2, 0.25) is 10.0 Å². The van der Waals surface area contributed by atoms with Crippen molar-refractivity contribution in [1.29, 1.82) is 0 Å². The van der Waals surface area contributed by atoms with Crippen molar-refractivity contribution in [3.63, 3.8) is 0 Å². The summed E-state index contributed by atoms with van der Waals surface area (Å²) in [7, 11) is 0. The molecule has 7 amide bonds. The molecule has 552 valence electrons. The van der Waals surface area contributed by atoms with Crippen LogP contribution in [0.3, 0.4) is 0 Å². The highest BCUT2D eigenvalue weighted by atomic mass is 35.5. The highest BCUT2D eigenvalue weighted by molar-refractivity contribution is 6.32. The van der Waals surface area contributed by atoms with E-state index in [1.807, 2.05) is 0 Å². The van der Waals surface area contributed by atoms with Crippen LogP contribution in [0.1, 0.15) is 111 Å². The van der Waals surface area contributed by atoms with Crippen LogP contribution in [0, 0.1) is 10.8 Å². The van der Waals surface area contributed by atoms with Crippen molar-refractivity contribution in [2.75, 3.05) is 13.6 Å². The van der Waals surface area contributed by atoms with Crippen molar-refractivity contribution >= 4 is 70.5 Å². The summed E-state index contributed by atoms with van der Waals surface area (Å²) >= 11 is 14.1. The molecule has 7 aliphatic heterocycles. The van der Waals surface area contributed by atoms with Gasteiger partial charge in [-0.3, -0.25) is 38.6 Å². The zero-order valence-corrected chi connectivity index (χ0v) is 56.1. The number of fused-ring (bicyclic) bond motifs is 15. The first-order chi connectivity index (χ1) is 50.1. The second-order valence-corrected chi connectivity index (χ2v) is 26.5. The topological polar surface area (TPSA) is 551 Å². The van der Waals surface area contributed by atoms with E-state index in [0.29, 0.717) is 0 Å². The van der Waals surface area contributed by atoms with Gasteiger partial charge in [0, 0.05) is 45.8 Å². The summed E-state index contributed by atoms with van der Waals surface area (Å²) in [5.41, 5.74) is 7.31. The lowest BCUT2D eigenvalue weighted by atomic mass is 9.86. The van der Waals surface area contributed by atoms with Crippen LogP contribution in [0.15, 0.2) is 84.1 Å². The summed E-state index contributed by atoms with van der Waals surface area (Å²) in [5.74, 6) is -19.1. The smallest absolute Gasteiger partial charge is 0.330 e. The molecule has 37 heteroatoms. The maximum absolute atomic E-state index is 16.1. The van der Waals surface area contributed by atoms with Gasteiger partial charge in [0.1, 0.15) is 95.5 Å². The number of nitrogens with zero attached hydrogens (tertiary/aromatic N) is 2. The number of hydrogen-bond acceptors (Lipinski definition) is 26. The van der Waals surface area contributed by atoms with Crippen molar-refractivity contribution < 1.29 is 123 Å². The monoisotopic (exact) mass is 1480 g/mol. The third-order valence-electron chi connectivity index (χ3n) is 17.6. The number of nitrogens with one attached hydrogen (secondary N) is 6. The average Bonchev–Trinajstić information content (AvgIpc) is 0.764. The fourth-order valence-corrected chi connectivity index (χ4v) is 12.8. The van der Waals surface area contributed by atoms with E-state index >= 15 is 19.2 Å². The Bertz CT molecular complexity index is 4360. The quantitative estimate of drug-likeness (QED) is 0.0532. The van der Waals surface area contributed by atoms with E-state index in [-0.39, 0.29) is 17.0 Å². The van der Waals surface area contributed by atoms with E-state index in [1.165, 1.54) is 27.7 Å². The van der Waals surface area contributed by atoms with Gasteiger partial charge in [-0.05, 0) is 103 Å². The molecule has 103 heavy (non-hydrogen) atoms. The molecule has 7 heterocycles. The van der Waals surface area contributed by atoms with Crippen LogP contribution >= 0.6 is 23.2 Å². The molecule has 35 nitrogen and oxygen atoms in total. The number of primary amides is 1. The molecular formula is C66H74Cl2N10O25. The number of aromatic hydroxyl groups is 3. The van der Waals surface area contributed by atoms with Gasteiger partial charge in [0.2, 0.25) is 53.4 Å². The minimum Gasteiger partial charge on any atom is -0.508 e.